The molecular formula is C15H13NO. The molecule has 0 bridgehead atoms. The van der Waals surface area contributed by atoms with Crippen molar-refractivity contribution in [3.05, 3.63) is 54.7 Å². The molecule has 2 nitrogen and oxygen atoms in total. The molecule has 2 aromatic carbocycles. The molecule has 2 heteroatoms. The molecule has 0 fully saturated rings. The standard InChI is InChI=1S/C15H13NO/c1-16-10-9-14-13(3-2-4-15(14)16)11-5-7-12(17)8-6-11/h2-10,17H,1H3. The van der Waals surface area contributed by atoms with Gasteiger partial charge in [-0.25, -0.2) is 0 Å². The number of hydrogen-bond donors (Lipinski definition) is 1. The van der Waals surface area contributed by atoms with E-state index in [1.165, 1.54) is 16.5 Å². The summed E-state index contributed by atoms with van der Waals surface area (Å²) >= 11 is 0. The summed E-state index contributed by atoms with van der Waals surface area (Å²) in [4.78, 5) is 0. The quantitative estimate of drug-likeness (QED) is 0.670. The van der Waals surface area contributed by atoms with Crippen LogP contribution in [0.3, 0.4) is 0 Å². The number of aryl methyl sites for hydroxylation is 1. The van der Waals surface area contributed by atoms with Gasteiger partial charge < -0.3 is 9.67 Å². The van der Waals surface area contributed by atoms with Crippen LogP contribution < -0.4 is 0 Å². The van der Waals surface area contributed by atoms with Crippen LogP contribution in [0.4, 0.5) is 0 Å². The van der Waals surface area contributed by atoms with E-state index in [-0.39, 0.29) is 0 Å². The van der Waals surface area contributed by atoms with Crippen molar-refractivity contribution in [3.63, 3.8) is 0 Å². The first kappa shape index (κ1) is 9.97. The van der Waals surface area contributed by atoms with Crippen molar-refractivity contribution in [1.82, 2.24) is 4.57 Å². The second-order valence-corrected chi connectivity index (χ2v) is 4.21. The summed E-state index contributed by atoms with van der Waals surface area (Å²) in [5.41, 5.74) is 3.54. The predicted octanol–water partition coefficient (Wildman–Crippen LogP) is 3.55. The fourth-order valence-electron chi connectivity index (χ4n) is 2.20. The number of rotatable bonds is 1. The number of benzene rings is 2. The van der Waals surface area contributed by atoms with E-state index in [1.807, 2.05) is 19.2 Å². The zero-order chi connectivity index (χ0) is 11.8. The summed E-state index contributed by atoms with van der Waals surface area (Å²) in [7, 11) is 2.04. The lowest BCUT2D eigenvalue weighted by Crippen LogP contribution is -1.84. The van der Waals surface area contributed by atoms with Crippen molar-refractivity contribution in [3.8, 4) is 16.9 Å². The molecule has 0 unspecified atom stereocenters. The molecule has 0 aliphatic rings. The first-order valence-corrected chi connectivity index (χ1v) is 5.59. The molecule has 1 N–H and O–H groups in total. The normalized spacial score (nSPS) is 10.9. The highest BCUT2D eigenvalue weighted by molar-refractivity contribution is 5.95. The Bertz CT molecular complexity index is 665. The Kier molecular flexibility index (Phi) is 2.15. The van der Waals surface area contributed by atoms with Gasteiger partial charge in [-0.1, -0.05) is 24.3 Å². The second kappa shape index (κ2) is 3.67. The fraction of sp³-hybridized carbons (Fsp3) is 0.0667. The van der Waals surface area contributed by atoms with Gasteiger partial charge in [0.1, 0.15) is 5.75 Å². The summed E-state index contributed by atoms with van der Waals surface area (Å²) < 4.78 is 2.11. The minimum atomic E-state index is 0.300. The third kappa shape index (κ3) is 1.58. The summed E-state index contributed by atoms with van der Waals surface area (Å²) in [6, 6.07) is 15.7. The van der Waals surface area contributed by atoms with Crippen molar-refractivity contribution >= 4 is 10.9 Å². The van der Waals surface area contributed by atoms with Crippen LogP contribution in [0.5, 0.6) is 5.75 Å². The van der Waals surface area contributed by atoms with Gasteiger partial charge in [-0.2, -0.15) is 0 Å². The van der Waals surface area contributed by atoms with Crippen LogP contribution >= 0.6 is 0 Å². The van der Waals surface area contributed by atoms with E-state index in [1.54, 1.807) is 12.1 Å². The maximum Gasteiger partial charge on any atom is 0.115 e. The highest BCUT2D eigenvalue weighted by Gasteiger charge is 2.05. The highest BCUT2D eigenvalue weighted by Crippen LogP contribution is 2.29. The lowest BCUT2D eigenvalue weighted by molar-refractivity contribution is 0.475. The monoisotopic (exact) mass is 223 g/mol. The molecule has 17 heavy (non-hydrogen) atoms. The Balaban J connectivity index is 2.26. The van der Waals surface area contributed by atoms with Gasteiger partial charge in [0.15, 0.2) is 0 Å². The van der Waals surface area contributed by atoms with E-state index in [2.05, 4.69) is 35.0 Å². The van der Waals surface area contributed by atoms with Crippen LogP contribution in [0.15, 0.2) is 54.7 Å². The largest absolute Gasteiger partial charge is 0.508 e. The molecule has 0 spiro atoms. The fourth-order valence-corrected chi connectivity index (χ4v) is 2.20. The Morgan fingerprint density at radius 2 is 1.71 bits per heavy atom. The van der Waals surface area contributed by atoms with Crippen LogP contribution in [0.25, 0.3) is 22.0 Å². The Morgan fingerprint density at radius 3 is 2.47 bits per heavy atom. The van der Waals surface area contributed by atoms with Gasteiger partial charge in [0.2, 0.25) is 0 Å². The van der Waals surface area contributed by atoms with E-state index in [0.717, 1.165) is 5.56 Å². The number of aromatic hydroxyl groups is 1. The Labute approximate surface area is 99.7 Å². The van der Waals surface area contributed by atoms with Crippen LogP contribution in [-0.2, 0) is 7.05 Å². The molecule has 0 saturated heterocycles. The number of phenolic OH excluding ortho intramolecular Hbond substituents is 1. The zero-order valence-electron chi connectivity index (χ0n) is 9.59. The molecule has 0 radical (unpaired) electrons. The summed E-state index contributed by atoms with van der Waals surface area (Å²) in [5, 5.41) is 10.6. The molecule has 0 saturated carbocycles. The molecule has 0 atom stereocenters. The van der Waals surface area contributed by atoms with Gasteiger partial charge in [-0.3, -0.25) is 0 Å². The number of hydrogen-bond acceptors (Lipinski definition) is 1. The van der Waals surface area contributed by atoms with E-state index in [9.17, 15) is 5.11 Å². The molecule has 1 aromatic heterocycles. The topological polar surface area (TPSA) is 25.2 Å². The Morgan fingerprint density at radius 1 is 0.941 bits per heavy atom. The van der Waals surface area contributed by atoms with Crippen molar-refractivity contribution in [2.24, 2.45) is 7.05 Å². The molecule has 0 aliphatic heterocycles. The molecule has 3 rings (SSSR count). The van der Waals surface area contributed by atoms with E-state index < -0.39 is 0 Å². The van der Waals surface area contributed by atoms with E-state index in [0.29, 0.717) is 5.75 Å². The SMILES string of the molecule is Cn1ccc2c(-c3ccc(O)cc3)cccc21. The first-order valence-electron chi connectivity index (χ1n) is 5.59. The second-order valence-electron chi connectivity index (χ2n) is 4.21. The van der Waals surface area contributed by atoms with E-state index >= 15 is 0 Å². The minimum Gasteiger partial charge on any atom is -0.508 e. The van der Waals surface area contributed by atoms with Crippen molar-refractivity contribution in [2.75, 3.05) is 0 Å². The van der Waals surface area contributed by atoms with Gasteiger partial charge >= 0.3 is 0 Å². The lowest BCUT2D eigenvalue weighted by atomic mass is 10.0. The molecule has 0 aliphatic carbocycles. The summed E-state index contributed by atoms with van der Waals surface area (Å²) in [6.07, 6.45) is 2.06. The average molecular weight is 223 g/mol. The van der Waals surface area contributed by atoms with Crippen LogP contribution in [0, 0.1) is 0 Å². The highest BCUT2D eigenvalue weighted by atomic mass is 16.3. The van der Waals surface area contributed by atoms with Crippen LogP contribution in [-0.4, -0.2) is 9.67 Å². The maximum atomic E-state index is 9.32. The van der Waals surface area contributed by atoms with Crippen molar-refractivity contribution in [1.29, 1.82) is 0 Å². The van der Waals surface area contributed by atoms with Gasteiger partial charge in [0.25, 0.3) is 0 Å². The van der Waals surface area contributed by atoms with Crippen LogP contribution in [0.2, 0.25) is 0 Å². The molecular weight excluding hydrogens is 210 g/mol. The number of phenols is 1. The maximum absolute atomic E-state index is 9.32. The van der Waals surface area contributed by atoms with Gasteiger partial charge in [0.05, 0.1) is 0 Å². The van der Waals surface area contributed by atoms with Crippen molar-refractivity contribution in [2.45, 2.75) is 0 Å². The van der Waals surface area contributed by atoms with Gasteiger partial charge in [-0.15, -0.1) is 0 Å². The molecule has 1 heterocycles. The minimum absolute atomic E-state index is 0.300. The summed E-state index contributed by atoms with van der Waals surface area (Å²) in [6.45, 7) is 0. The predicted molar refractivity (Wildman–Crippen MR) is 70.0 cm³/mol. The Hall–Kier alpha value is -2.22. The molecule has 0 amide bonds. The van der Waals surface area contributed by atoms with Gasteiger partial charge in [-0.05, 0) is 35.4 Å². The first-order chi connectivity index (χ1) is 8.25. The molecule has 3 aromatic rings. The zero-order valence-corrected chi connectivity index (χ0v) is 9.59. The third-order valence-electron chi connectivity index (χ3n) is 3.11. The average Bonchev–Trinajstić information content (AvgIpc) is 2.73. The van der Waals surface area contributed by atoms with Gasteiger partial charge in [0, 0.05) is 24.1 Å². The summed E-state index contributed by atoms with van der Waals surface area (Å²) in [5.74, 6) is 0.300. The third-order valence-corrected chi connectivity index (χ3v) is 3.11. The number of nitrogens with zero attached hydrogens (tertiary/aromatic N) is 1. The molecule has 84 valence electrons. The number of fused-ring (bicyclic) bond motifs is 1. The van der Waals surface area contributed by atoms with Crippen molar-refractivity contribution < 1.29 is 5.11 Å². The number of aromatic nitrogens is 1. The van der Waals surface area contributed by atoms with Crippen LogP contribution in [0.1, 0.15) is 0 Å². The lowest BCUT2D eigenvalue weighted by Gasteiger charge is -2.04. The van der Waals surface area contributed by atoms with E-state index in [4.69, 9.17) is 0 Å². The smallest absolute Gasteiger partial charge is 0.115 e.